The number of benzene rings is 1. The summed E-state index contributed by atoms with van der Waals surface area (Å²) in [6.07, 6.45) is -0.806. The molecule has 0 heterocycles. The molecule has 8 heteroatoms. The molecule has 1 aromatic rings. The average molecular weight is 403 g/mol. The molecule has 0 bridgehead atoms. The van der Waals surface area contributed by atoms with Crippen molar-refractivity contribution >= 4 is 16.3 Å². The van der Waals surface area contributed by atoms with Crippen molar-refractivity contribution in [1.82, 2.24) is 0 Å². The van der Waals surface area contributed by atoms with E-state index in [2.05, 4.69) is 0 Å². The smallest absolute Gasteiger partial charge is 0.425 e. The third-order valence-electron chi connectivity index (χ3n) is 4.00. The first-order valence-electron chi connectivity index (χ1n) is 8.89. The van der Waals surface area contributed by atoms with Crippen LogP contribution in [0, 0.1) is 0 Å². The van der Waals surface area contributed by atoms with Crippen molar-refractivity contribution in [2.75, 3.05) is 34.0 Å². The van der Waals surface area contributed by atoms with Gasteiger partial charge in [0, 0.05) is 0 Å². The molecule has 1 aromatic carbocycles. The summed E-state index contributed by atoms with van der Waals surface area (Å²) in [4.78, 5) is 12.3. The third kappa shape index (κ3) is 7.48. The Labute approximate surface area is 162 Å². The second kappa shape index (κ2) is 9.03. The standard InChI is InChI=1S/C19H32NO6S/c1-13(2)15-10-9-11-16(14(3)4)18(15)25-19(21)24-12-17(20(5,6)7)26-27(8,22)23/h9-11,13-14,17H,12H2,1-8H3/q+1. The van der Waals surface area contributed by atoms with E-state index in [1.54, 1.807) is 21.1 Å². The Morgan fingerprint density at radius 1 is 1.04 bits per heavy atom. The van der Waals surface area contributed by atoms with Crippen LogP contribution >= 0.6 is 0 Å². The molecule has 0 aliphatic rings. The molecule has 0 N–H and O–H groups in total. The van der Waals surface area contributed by atoms with Gasteiger partial charge in [0.15, 0.2) is 6.61 Å². The number of likely N-dealkylation sites (N-methyl/N-ethyl adjacent to an activating group) is 1. The maximum atomic E-state index is 12.3. The Morgan fingerprint density at radius 2 is 1.52 bits per heavy atom. The van der Waals surface area contributed by atoms with Crippen LogP contribution in [-0.2, 0) is 19.0 Å². The third-order valence-corrected chi connectivity index (χ3v) is 4.57. The molecule has 0 fully saturated rings. The van der Waals surface area contributed by atoms with Crippen LogP contribution in [0.2, 0.25) is 0 Å². The maximum absolute atomic E-state index is 12.3. The first kappa shape index (κ1) is 23.4. The Hall–Kier alpha value is -1.64. The zero-order valence-corrected chi connectivity index (χ0v) is 18.3. The van der Waals surface area contributed by atoms with E-state index >= 15 is 0 Å². The number of rotatable bonds is 8. The summed E-state index contributed by atoms with van der Waals surface area (Å²) < 4.78 is 38.8. The molecule has 0 amide bonds. The number of quaternary nitrogens is 1. The average Bonchev–Trinajstić information content (AvgIpc) is 2.48. The van der Waals surface area contributed by atoms with E-state index in [4.69, 9.17) is 13.7 Å². The van der Waals surface area contributed by atoms with Crippen LogP contribution in [0.25, 0.3) is 0 Å². The highest BCUT2D eigenvalue weighted by Crippen LogP contribution is 2.34. The highest BCUT2D eigenvalue weighted by molar-refractivity contribution is 7.86. The van der Waals surface area contributed by atoms with Crippen molar-refractivity contribution < 1.29 is 31.4 Å². The number of para-hydroxylation sites is 1. The summed E-state index contributed by atoms with van der Waals surface area (Å²) in [6, 6.07) is 5.78. The van der Waals surface area contributed by atoms with E-state index in [0.717, 1.165) is 17.4 Å². The van der Waals surface area contributed by atoms with Gasteiger partial charge >= 0.3 is 6.16 Å². The lowest BCUT2D eigenvalue weighted by molar-refractivity contribution is -0.915. The molecule has 1 atom stereocenters. The second-order valence-corrected chi connectivity index (χ2v) is 9.71. The minimum absolute atomic E-state index is 0.139. The van der Waals surface area contributed by atoms with Gasteiger partial charge < -0.3 is 14.0 Å². The van der Waals surface area contributed by atoms with Gasteiger partial charge in [0.2, 0.25) is 6.23 Å². The molecule has 0 aliphatic carbocycles. The summed E-state index contributed by atoms with van der Waals surface area (Å²) >= 11 is 0. The van der Waals surface area contributed by atoms with E-state index in [-0.39, 0.29) is 22.9 Å². The first-order valence-corrected chi connectivity index (χ1v) is 10.7. The van der Waals surface area contributed by atoms with Gasteiger partial charge in [-0.15, -0.1) is 0 Å². The van der Waals surface area contributed by atoms with Crippen LogP contribution in [0.15, 0.2) is 18.2 Å². The molecule has 0 saturated heterocycles. The lowest BCUT2D eigenvalue weighted by atomic mass is 9.94. The van der Waals surface area contributed by atoms with Gasteiger partial charge in [-0.1, -0.05) is 45.9 Å². The molecule has 1 rings (SSSR count). The van der Waals surface area contributed by atoms with E-state index in [9.17, 15) is 13.2 Å². The minimum Gasteiger partial charge on any atom is -0.425 e. The van der Waals surface area contributed by atoms with Crippen molar-refractivity contribution in [2.24, 2.45) is 0 Å². The largest absolute Gasteiger partial charge is 0.514 e. The number of nitrogens with zero attached hydrogens (tertiary/aromatic N) is 1. The van der Waals surface area contributed by atoms with Crippen LogP contribution in [-0.4, -0.2) is 59.3 Å². The van der Waals surface area contributed by atoms with Crippen molar-refractivity contribution in [3.8, 4) is 5.75 Å². The minimum atomic E-state index is -3.70. The van der Waals surface area contributed by atoms with Crippen molar-refractivity contribution in [2.45, 2.75) is 45.8 Å². The molecule has 0 spiro atoms. The van der Waals surface area contributed by atoms with Crippen LogP contribution in [0.1, 0.15) is 50.7 Å². The van der Waals surface area contributed by atoms with Gasteiger partial charge in [0.05, 0.1) is 27.4 Å². The Balaban J connectivity index is 2.97. The van der Waals surface area contributed by atoms with E-state index in [1.165, 1.54) is 0 Å². The maximum Gasteiger partial charge on any atom is 0.514 e. The fourth-order valence-corrected chi connectivity index (χ4v) is 3.15. The monoisotopic (exact) mass is 402 g/mol. The SMILES string of the molecule is CC(C)c1cccc(C(C)C)c1OC(=O)OCC(OS(C)(=O)=O)[N+](C)(C)C. The number of ether oxygens (including phenoxy) is 2. The molecule has 0 radical (unpaired) electrons. The fourth-order valence-electron chi connectivity index (χ4n) is 2.43. The van der Waals surface area contributed by atoms with Crippen molar-refractivity contribution in [1.29, 1.82) is 0 Å². The number of hydrogen-bond donors (Lipinski definition) is 0. The number of carbonyl (C=O) groups is 1. The lowest BCUT2D eigenvalue weighted by Gasteiger charge is -2.31. The summed E-state index contributed by atoms with van der Waals surface area (Å²) in [7, 11) is 1.54. The Morgan fingerprint density at radius 3 is 1.89 bits per heavy atom. The Kier molecular flexibility index (Phi) is 7.83. The summed E-state index contributed by atoms with van der Waals surface area (Å²) in [6.45, 7) is 7.82. The number of hydrogen-bond acceptors (Lipinski definition) is 6. The highest BCUT2D eigenvalue weighted by Gasteiger charge is 2.31. The molecule has 27 heavy (non-hydrogen) atoms. The van der Waals surface area contributed by atoms with Crippen LogP contribution in [0.5, 0.6) is 5.75 Å². The zero-order valence-electron chi connectivity index (χ0n) is 17.5. The van der Waals surface area contributed by atoms with Gasteiger partial charge in [0.1, 0.15) is 5.75 Å². The van der Waals surface area contributed by atoms with Gasteiger partial charge in [-0.2, -0.15) is 8.42 Å². The number of carbonyl (C=O) groups excluding carboxylic acids is 1. The normalized spacial score (nSPS) is 13.7. The van der Waals surface area contributed by atoms with Crippen LogP contribution < -0.4 is 4.74 Å². The molecule has 0 saturated carbocycles. The summed E-state index contributed by atoms with van der Waals surface area (Å²) in [5.41, 5.74) is 1.82. The van der Waals surface area contributed by atoms with Gasteiger partial charge in [-0.05, 0) is 23.0 Å². The fraction of sp³-hybridized carbons (Fsp3) is 0.632. The predicted octanol–water partition coefficient (Wildman–Crippen LogP) is 3.46. The van der Waals surface area contributed by atoms with Crippen molar-refractivity contribution in [3.05, 3.63) is 29.3 Å². The van der Waals surface area contributed by atoms with E-state index < -0.39 is 22.5 Å². The molecule has 7 nitrogen and oxygen atoms in total. The molecule has 0 aliphatic heterocycles. The molecule has 0 aromatic heterocycles. The second-order valence-electron chi connectivity index (χ2n) is 8.11. The van der Waals surface area contributed by atoms with Gasteiger partial charge in [-0.3, -0.25) is 0 Å². The predicted molar refractivity (Wildman–Crippen MR) is 104 cm³/mol. The van der Waals surface area contributed by atoms with Crippen molar-refractivity contribution in [3.63, 3.8) is 0 Å². The van der Waals surface area contributed by atoms with Gasteiger partial charge in [0.25, 0.3) is 10.1 Å². The van der Waals surface area contributed by atoms with E-state index in [0.29, 0.717) is 5.75 Å². The summed E-state index contributed by atoms with van der Waals surface area (Å²) in [5.74, 6) is 0.830. The first-order chi connectivity index (χ1) is 12.2. The summed E-state index contributed by atoms with van der Waals surface area (Å²) in [5, 5.41) is 0. The van der Waals surface area contributed by atoms with E-state index in [1.807, 2.05) is 45.9 Å². The molecular weight excluding hydrogens is 370 g/mol. The van der Waals surface area contributed by atoms with Crippen LogP contribution in [0.3, 0.4) is 0 Å². The van der Waals surface area contributed by atoms with Crippen LogP contribution in [0.4, 0.5) is 4.79 Å². The lowest BCUT2D eigenvalue weighted by Crippen LogP contribution is -2.50. The quantitative estimate of drug-likeness (QED) is 0.218. The molecule has 1 unspecified atom stereocenters. The molecular formula is C19H32NO6S+. The topological polar surface area (TPSA) is 78.9 Å². The molecule has 154 valence electrons. The Bertz CT molecular complexity index is 724. The van der Waals surface area contributed by atoms with Gasteiger partial charge in [-0.25, -0.2) is 8.98 Å². The zero-order chi connectivity index (χ0) is 21.0. The highest BCUT2D eigenvalue weighted by atomic mass is 32.2.